The summed E-state index contributed by atoms with van der Waals surface area (Å²) in [6.07, 6.45) is 6.41. The summed E-state index contributed by atoms with van der Waals surface area (Å²) >= 11 is 0. The van der Waals surface area contributed by atoms with E-state index in [0.717, 1.165) is 28.8 Å². The number of hydrogen-bond donors (Lipinski definition) is 0. The van der Waals surface area contributed by atoms with Crippen molar-refractivity contribution in [2.75, 3.05) is 7.05 Å². The average molecular weight is 391 g/mol. The van der Waals surface area contributed by atoms with Gasteiger partial charge in [-0.2, -0.15) is 0 Å². The molecule has 0 fully saturated rings. The SMILES string of the molecule is C=C(C)/C(=C/C)N=CCC(C)=O.CC.CC=NC.CCc1cccc(C)c1F. The topological polar surface area (TPSA) is 41.8 Å². The molecule has 0 amide bonds. The predicted molar refractivity (Wildman–Crippen MR) is 124 cm³/mol. The lowest BCUT2D eigenvalue weighted by atomic mass is 10.1. The zero-order valence-electron chi connectivity index (χ0n) is 19.3. The molecule has 0 aliphatic carbocycles. The number of hydrogen-bond acceptors (Lipinski definition) is 3. The third-order valence-corrected chi connectivity index (χ3v) is 3.23. The summed E-state index contributed by atoms with van der Waals surface area (Å²) in [5.74, 6) is 0.0703. The molecule has 4 heteroatoms. The van der Waals surface area contributed by atoms with E-state index < -0.39 is 0 Å². The van der Waals surface area contributed by atoms with Crippen LogP contribution in [0.5, 0.6) is 0 Å². The van der Waals surface area contributed by atoms with Crippen molar-refractivity contribution in [2.24, 2.45) is 9.98 Å². The molecule has 0 N–H and O–H groups in total. The molecule has 1 aromatic rings. The second-order valence-electron chi connectivity index (χ2n) is 5.59. The van der Waals surface area contributed by atoms with Crippen LogP contribution in [-0.2, 0) is 11.2 Å². The lowest BCUT2D eigenvalue weighted by molar-refractivity contribution is -0.115. The van der Waals surface area contributed by atoms with Crippen molar-refractivity contribution in [2.45, 2.75) is 68.2 Å². The molecule has 158 valence electrons. The molecule has 0 heterocycles. The van der Waals surface area contributed by atoms with E-state index >= 15 is 0 Å². The highest BCUT2D eigenvalue weighted by Gasteiger charge is 2.00. The molecule has 3 nitrogen and oxygen atoms in total. The quantitative estimate of drug-likeness (QED) is 0.396. The molecule has 0 aliphatic rings. The molecule has 0 aliphatic heterocycles. The van der Waals surface area contributed by atoms with Gasteiger partial charge in [0.2, 0.25) is 0 Å². The molecule has 0 saturated heterocycles. The van der Waals surface area contributed by atoms with Crippen LogP contribution < -0.4 is 0 Å². The number of allylic oxidation sites excluding steroid dienone is 2. The van der Waals surface area contributed by atoms with E-state index in [1.807, 2.05) is 59.8 Å². The fourth-order valence-electron chi connectivity index (χ4n) is 1.68. The van der Waals surface area contributed by atoms with Crippen molar-refractivity contribution in [1.29, 1.82) is 0 Å². The lowest BCUT2D eigenvalue weighted by Crippen LogP contribution is -1.90. The monoisotopic (exact) mass is 390 g/mol. The summed E-state index contributed by atoms with van der Waals surface area (Å²) in [5.41, 5.74) is 3.30. The Kier molecular flexibility index (Phi) is 22.7. The number of Topliss-reactive ketones (excluding diaryl/α,β-unsaturated/α-hetero) is 1. The summed E-state index contributed by atoms with van der Waals surface area (Å²) in [4.78, 5) is 18.3. The maximum Gasteiger partial charge on any atom is 0.135 e. The van der Waals surface area contributed by atoms with Crippen molar-refractivity contribution < 1.29 is 9.18 Å². The minimum Gasteiger partial charge on any atom is -0.301 e. The Hall–Kier alpha value is -2.36. The van der Waals surface area contributed by atoms with Crippen LogP contribution in [0.2, 0.25) is 0 Å². The Morgan fingerprint density at radius 3 is 2.07 bits per heavy atom. The van der Waals surface area contributed by atoms with Gasteiger partial charge in [0.25, 0.3) is 0 Å². The van der Waals surface area contributed by atoms with E-state index in [9.17, 15) is 9.18 Å². The van der Waals surface area contributed by atoms with Crippen LogP contribution in [0.25, 0.3) is 0 Å². The minimum absolute atomic E-state index is 0.0509. The number of nitrogens with zero attached hydrogens (tertiary/aromatic N) is 2. The van der Waals surface area contributed by atoms with Gasteiger partial charge in [-0.15, -0.1) is 0 Å². The number of aryl methyl sites for hydroxylation is 2. The summed E-state index contributed by atoms with van der Waals surface area (Å²) in [6.45, 7) is 18.7. The summed E-state index contributed by atoms with van der Waals surface area (Å²) < 4.78 is 13.0. The molecule has 1 aromatic carbocycles. The van der Waals surface area contributed by atoms with Crippen molar-refractivity contribution in [3.63, 3.8) is 0 Å². The molecular formula is C24H39FN2O. The van der Waals surface area contributed by atoms with Crippen molar-refractivity contribution in [3.05, 3.63) is 59.1 Å². The predicted octanol–water partition coefficient (Wildman–Crippen LogP) is 6.95. The number of carbonyl (C=O) groups is 1. The second-order valence-corrected chi connectivity index (χ2v) is 5.59. The fraction of sp³-hybridized carbons (Fsp3) is 0.458. The molecule has 28 heavy (non-hydrogen) atoms. The Morgan fingerprint density at radius 1 is 1.21 bits per heavy atom. The molecule has 0 aromatic heterocycles. The Bertz CT molecular complexity index is 640. The third-order valence-electron chi connectivity index (χ3n) is 3.23. The highest BCUT2D eigenvalue weighted by atomic mass is 19.1. The van der Waals surface area contributed by atoms with E-state index in [4.69, 9.17) is 0 Å². The van der Waals surface area contributed by atoms with Crippen LogP contribution in [-0.4, -0.2) is 25.3 Å². The average Bonchev–Trinajstić information content (AvgIpc) is 2.69. The normalized spacial score (nSPS) is 10.3. The molecular weight excluding hydrogens is 351 g/mol. The third kappa shape index (κ3) is 17.1. The van der Waals surface area contributed by atoms with Gasteiger partial charge in [0, 0.05) is 19.7 Å². The van der Waals surface area contributed by atoms with Gasteiger partial charge in [0.05, 0.1) is 5.70 Å². The maximum atomic E-state index is 13.0. The Balaban J connectivity index is -0.000000352. The van der Waals surface area contributed by atoms with Gasteiger partial charge in [0.15, 0.2) is 0 Å². The van der Waals surface area contributed by atoms with Crippen molar-refractivity contribution >= 4 is 18.2 Å². The maximum absolute atomic E-state index is 13.0. The van der Waals surface area contributed by atoms with Gasteiger partial charge in [-0.25, -0.2) is 4.39 Å². The van der Waals surface area contributed by atoms with Crippen molar-refractivity contribution in [1.82, 2.24) is 0 Å². The lowest BCUT2D eigenvalue weighted by Gasteiger charge is -2.00. The molecule has 0 bridgehead atoms. The van der Waals surface area contributed by atoms with Gasteiger partial charge >= 0.3 is 0 Å². The van der Waals surface area contributed by atoms with Crippen molar-refractivity contribution in [3.8, 4) is 0 Å². The molecule has 1 rings (SSSR count). The van der Waals surface area contributed by atoms with E-state index in [0.29, 0.717) is 6.42 Å². The van der Waals surface area contributed by atoms with E-state index in [-0.39, 0.29) is 11.6 Å². The number of carbonyl (C=O) groups excluding carboxylic acids is 1. The van der Waals surface area contributed by atoms with Gasteiger partial charge < -0.3 is 4.99 Å². The highest BCUT2D eigenvalue weighted by molar-refractivity contribution is 5.89. The highest BCUT2D eigenvalue weighted by Crippen LogP contribution is 2.11. The summed E-state index contributed by atoms with van der Waals surface area (Å²) in [7, 11) is 1.75. The van der Waals surface area contributed by atoms with Gasteiger partial charge in [-0.1, -0.05) is 51.6 Å². The van der Waals surface area contributed by atoms with Gasteiger partial charge in [-0.05, 0) is 64.0 Å². The Labute approximate surface area is 172 Å². The van der Waals surface area contributed by atoms with E-state index in [1.54, 1.807) is 39.4 Å². The largest absolute Gasteiger partial charge is 0.301 e. The van der Waals surface area contributed by atoms with E-state index in [1.165, 1.54) is 0 Å². The van der Waals surface area contributed by atoms with E-state index in [2.05, 4.69) is 16.6 Å². The van der Waals surface area contributed by atoms with Gasteiger partial charge in [0.1, 0.15) is 11.6 Å². The first-order valence-corrected chi connectivity index (χ1v) is 9.69. The standard InChI is InChI=1S/C10H15NO.C9H11F.C3H7N.C2H6/c1-5-10(8(2)3)11-7-6-9(4)12;1-3-8-6-4-5-7(2)9(8)10;1-3-4-2;1-2/h5,7H,2,6H2,1,3-4H3;4-6H,3H2,1-2H3;3H,1-2H3;1-2H3/b10-5-,11-7?;;;. The zero-order chi connectivity index (χ0) is 22.5. The molecule has 0 saturated carbocycles. The second kappa shape index (κ2) is 20.9. The smallest absolute Gasteiger partial charge is 0.135 e. The number of aliphatic imine (C=N–C) groups is 2. The van der Waals surface area contributed by atoms with Gasteiger partial charge in [-0.3, -0.25) is 9.79 Å². The molecule has 0 atom stereocenters. The fourth-order valence-corrected chi connectivity index (χ4v) is 1.68. The first-order valence-electron chi connectivity index (χ1n) is 9.69. The molecule has 0 unspecified atom stereocenters. The van der Waals surface area contributed by atoms with Crippen LogP contribution in [0.1, 0.15) is 66.0 Å². The zero-order valence-corrected chi connectivity index (χ0v) is 19.3. The Morgan fingerprint density at radius 2 is 1.75 bits per heavy atom. The van der Waals surface area contributed by atoms with Crippen LogP contribution in [0, 0.1) is 12.7 Å². The molecule has 0 spiro atoms. The van der Waals surface area contributed by atoms with Crippen LogP contribution >= 0.6 is 0 Å². The van der Waals surface area contributed by atoms with Crippen LogP contribution in [0.4, 0.5) is 4.39 Å². The first kappa shape index (κ1) is 30.4. The number of benzene rings is 1. The minimum atomic E-state index is -0.0509. The van der Waals surface area contributed by atoms with Crippen LogP contribution in [0.15, 0.2) is 52.1 Å². The molecule has 0 radical (unpaired) electrons. The van der Waals surface area contributed by atoms with Crippen LogP contribution in [0.3, 0.4) is 0 Å². The number of ketones is 1. The number of rotatable bonds is 5. The first-order chi connectivity index (χ1) is 13.2. The number of halogens is 1. The summed E-state index contributed by atoms with van der Waals surface area (Å²) in [5, 5.41) is 0. The summed E-state index contributed by atoms with van der Waals surface area (Å²) in [6, 6.07) is 5.49.